The monoisotopic (exact) mass is 438 g/mol. The number of hydrogen-bond donors (Lipinski definition) is 0. The van der Waals surface area contributed by atoms with Gasteiger partial charge in [-0.05, 0) is 71.0 Å². The zero-order valence-corrected chi connectivity index (χ0v) is 19.2. The number of hydrogen-bond acceptors (Lipinski definition) is 8. The third-order valence-corrected chi connectivity index (χ3v) is 8.26. The van der Waals surface area contributed by atoms with Gasteiger partial charge in [0.15, 0.2) is 5.82 Å². The van der Waals surface area contributed by atoms with Crippen LogP contribution in [0.1, 0.15) is 78.3 Å². The molecule has 7 nitrogen and oxygen atoms in total. The van der Waals surface area contributed by atoms with E-state index in [9.17, 15) is 0 Å². The summed E-state index contributed by atoms with van der Waals surface area (Å²) in [5.41, 5.74) is 1.33. The first-order valence-corrected chi connectivity index (χ1v) is 12.5. The van der Waals surface area contributed by atoms with E-state index in [0.717, 1.165) is 73.8 Å². The predicted octanol–water partition coefficient (Wildman–Crippen LogP) is 4.55. The fourth-order valence-corrected chi connectivity index (χ4v) is 6.01. The van der Waals surface area contributed by atoms with Crippen molar-refractivity contribution in [2.24, 2.45) is 0 Å². The highest BCUT2D eigenvalue weighted by atomic mass is 32.1. The van der Waals surface area contributed by atoms with E-state index in [2.05, 4.69) is 28.8 Å². The molecule has 164 valence electrons. The van der Waals surface area contributed by atoms with Gasteiger partial charge in [0.1, 0.15) is 16.5 Å². The minimum Gasteiger partial charge on any atom is -0.356 e. The van der Waals surface area contributed by atoms with E-state index in [1.807, 2.05) is 11.3 Å². The summed E-state index contributed by atoms with van der Waals surface area (Å²) in [5.74, 6) is 4.78. The Hall–Kier alpha value is -2.06. The van der Waals surface area contributed by atoms with Gasteiger partial charge >= 0.3 is 0 Å². The van der Waals surface area contributed by atoms with Crippen LogP contribution in [0, 0.1) is 13.8 Å². The Morgan fingerprint density at radius 1 is 0.935 bits per heavy atom. The van der Waals surface area contributed by atoms with Crippen LogP contribution in [0.15, 0.2) is 4.52 Å². The third-order valence-electron chi connectivity index (χ3n) is 7.16. The number of anilines is 1. The van der Waals surface area contributed by atoms with Crippen LogP contribution in [0.4, 0.5) is 5.82 Å². The quantitative estimate of drug-likeness (QED) is 0.579. The van der Waals surface area contributed by atoms with Gasteiger partial charge in [0.2, 0.25) is 5.89 Å². The van der Waals surface area contributed by atoms with Gasteiger partial charge in [-0.3, -0.25) is 4.90 Å². The molecule has 3 aromatic rings. The maximum atomic E-state index is 5.51. The number of thiophene rings is 1. The number of likely N-dealkylation sites (tertiary alicyclic amines) is 1. The SMILES string of the molecule is Cc1sc2nc(CN3CCCC3)nc(N3CCC(c4noc(C5CC5)n4)CC3)c2c1C. The molecule has 0 spiro atoms. The van der Waals surface area contributed by atoms with Crippen LogP contribution < -0.4 is 4.90 Å². The number of aromatic nitrogens is 4. The van der Waals surface area contributed by atoms with Crippen LogP contribution in [0.25, 0.3) is 10.2 Å². The standard InChI is InChI=1S/C23H30N6OS/c1-14-15(2)31-23-19(14)21(24-18(25-23)13-28-9-3-4-10-28)29-11-7-16(8-12-29)20-26-22(30-27-20)17-5-6-17/h16-17H,3-13H2,1-2H3. The number of aryl methyl sites for hydroxylation is 2. The molecule has 3 aliphatic rings. The summed E-state index contributed by atoms with van der Waals surface area (Å²) >= 11 is 1.81. The van der Waals surface area contributed by atoms with Gasteiger partial charge in [-0.25, -0.2) is 9.97 Å². The summed E-state index contributed by atoms with van der Waals surface area (Å²) in [6, 6.07) is 0. The Morgan fingerprint density at radius 3 is 2.45 bits per heavy atom. The van der Waals surface area contributed by atoms with Crippen LogP contribution in [0.2, 0.25) is 0 Å². The number of fused-ring (bicyclic) bond motifs is 1. The average molecular weight is 439 g/mol. The molecule has 0 amide bonds. The first-order chi connectivity index (χ1) is 15.2. The summed E-state index contributed by atoms with van der Waals surface area (Å²) in [7, 11) is 0. The van der Waals surface area contributed by atoms with Crippen LogP contribution in [-0.4, -0.2) is 51.2 Å². The summed E-state index contributed by atoms with van der Waals surface area (Å²) in [6.45, 7) is 9.56. The molecule has 1 saturated carbocycles. The summed E-state index contributed by atoms with van der Waals surface area (Å²) < 4.78 is 5.51. The molecule has 0 N–H and O–H groups in total. The highest BCUT2D eigenvalue weighted by molar-refractivity contribution is 7.18. The van der Waals surface area contributed by atoms with Gasteiger partial charge in [0.25, 0.3) is 0 Å². The highest BCUT2D eigenvalue weighted by Crippen LogP contribution is 2.41. The van der Waals surface area contributed by atoms with Crippen molar-refractivity contribution in [2.75, 3.05) is 31.1 Å². The molecule has 3 aromatic heterocycles. The minimum absolute atomic E-state index is 0.388. The first kappa shape index (κ1) is 19.6. The van der Waals surface area contributed by atoms with Gasteiger partial charge in [0.05, 0.1) is 11.9 Å². The lowest BCUT2D eigenvalue weighted by atomic mass is 9.96. The van der Waals surface area contributed by atoms with E-state index in [1.165, 1.54) is 41.5 Å². The van der Waals surface area contributed by atoms with Gasteiger partial charge in [-0.2, -0.15) is 4.98 Å². The van der Waals surface area contributed by atoms with Crippen molar-refractivity contribution < 1.29 is 4.52 Å². The topological polar surface area (TPSA) is 71.2 Å². The number of rotatable bonds is 5. The second-order valence-corrected chi connectivity index (χ2v) is 10.6. The zero-order valence-electron chi connectivity index (χ0n) is 18.4. The van der Waals surface area contributed by atoms with E-state index in [0.29, 0.717) is 11.8 Å². The van der Waals surface area contributed by atoms with Crippen LogP contribution in [-0.2, 0) is 6.54 Å². The van der Waals surface area contributed by atoms with E-state index in [4.69, 9.17) is 19.5 Å². The van der Waals surface area contributed by atoms with Gasteiger partial charge in [0, 0.05) is 29.8 Å². The molecule has 0 aromatic carbocycles. The fraction of sp³-hybridized carbons (Fsp3) is 0.652. The Kier molecular flexibility index (Phi) is 4.94. The van der Waals surface area contributed by atoms with Crippen LogP contribution in [0.5, 0.6) is 0 Å². The largest absolute Gasteiger partial charge is 0.356 e. The van der Waals surface area contributed by atoms with E-state index < -0.39 is 0 Å². The van der Waals surface area contributed by atoms with Crippen LogP contribution in [0.3, 0.4) is 0 Å². The predicted molar refractivity (Wildman–Crippen MR) is 122 cm³/mol. The molecule has 0 bridgehead atoms. The van der Waals surface area contributed by atoms with Crippen molar-refractivity contribution >= 4 is 27.4 Å². The molecule has 31 heavy (non-hydrogen) atoms. The lowest BCUT2D eigenvalue weighted by Crippen LogP contribution is -2.34. The minimum atomic E-state index is 0.388. The maximum Gasteiger partial charge on any atom is 0.229 e. The summed E-state index contributed by atoms with van der Waals surface area (Å²) in [5, 5.41) is 5.56. The van der Waals surface area contributed by atoms with E-state index in [1.54, 1.807) is 0 Å². The summed E-state index contributed by atoms with van der Waals surface area (Å²) in [4.78, 5) is 22.2. The number of nitrogens with zero attached hydrogens (tertiary/aromatic N) is 6. The molecule has 0 atom stereocenters. The van der Waals surface area contributed by atoms with Gasteiger partial charge in [-0.15, -0.1) is 11.3 Å². The molecule has 2 saturated heterocycles. The third kappa shape index (κ3) is 3.74. The average Bonchev–Trinajstić information content (AvgIpc) is 3.17. The Labute approximate surface area is 186 Å². The lowest BCUT2D eigenvalue weighted by molar-refractivity contribution is 0.323. The van der Waals surface area contributed by atoms with E-state index in [-0.39, 0.29) is 0 Å². The van der Waals surface area contributed by atoms with Gasteiger partial charge < -0.3 is 9.42 Å². The molecule has 0 unspecified atom stereocenters. The molecular weight excluding hydrogens is 408 g/mol. The van der Waals surface area contributed by atoms with Crippen molar-refractivity contribution in [3.8, 4) is 0 Å². The Morgan fingerprint density at radius 2 is 1.71 bits per heavy atom. The molecule has 6 rings (SSSR count). The molecule has 1 aliphatic carbocycles. The number of piperidine rings is 1. The van der Waals surface area contributed by atoms with E-state index >= 15 is 0 Å². The zero-order chi connectivity index (χ0) is 20.9. The molecule has 8 heteroatoms. The van der Waals surface area contributed by atoms with Crippen LogP contribution >= 0.6 is 11.3 Å². The molecule has 5 heterocycles. The lowest BCUT2D eigenvalue weighted by Gasteiger charge is -2.32. The van der Waals surface area contributed by atoms with Gasteiger partial charge in [-0.1, -0.05) is 5.16 Å². The Bertz CT molecular complexity index is 1090. The highest BCUT2D eigenvalue weighted by Gasteiger charge is 2.32. The van der Waals surface area contributed by atoms with Crippen molar-refractivity contribution in [3.63, 3.8) is 0 Å². The van der Waals surface area contributed by atoms with Crippen molar-refractivity contribution in [1.82, 2.24) is 25.0 Å². The normalized spacial score (nSPS) is 20.9. The maximum absolute atomic E-state index is 5.51. The molecular formula is C23H30N6OS. The smallest absolute Gasteiger partial charge is 0.229 e. The summed E-state index contributed by atoms with van der Waals surface area (Å²) in [6.07, 6.45) is 7.06. The molecule has 2 aliphatic heterocycles. The fourth-order valence-electron chi connectivity index (χ4n) is 4.97. The second-order valence-electron chi connectivity index (χ2n) is 9.44. The van der Waals surface area contributed by atoms with Crippen molar-refractivity contribution in [1.29, 1.82) is 0 Å². The second kappa shape index (κ2) is 7.81. The first-order valence-electron chi connectivity index (χ1n) is 11.7. The Balaban J connectivity index is 1.25. The molecule has 0 radical (unpaired) electrons. The van der Waals surface area contributed by atoms with Crippen molar-refractivity contribution in [3.05, 3.63) is 28.0 Å². The molecule has 3 fully saturated rings. The van der Waals surface area contributed by atoms with Crippen molar-refractivity contribution in [2.45, 2.75) is 70.8 Å².